The molecule has 29 heavy (non-hydrogen) atoms. The molecule has 6 nitrogen and oxygen atoms in total. The molecule has 0 spiro atoms. The zero-order valence-corrected chi connectivity index (χ0v) is 17.0. The molecule has 150 valence electrons. The Labute approximate surface area is 173 Å². The largest absolute Gasteiger partial charge is 0.368 e. The number of rotatable bonds is 5. The van der Waals surface area contributed by atoms with Crippen molar-refractivity contribution in [2.75, 3.05) is 36.8 Å². The van der Waals surface area contributed by atoms with Crippen molar-refractivity contribution >= 4 is 23.4 Å². The minimum atomic E-state index is -0.315. The molecule has 2 aromatic carbocycles. The Morgan fingerprint density at radius 2 is 1.79 bits per heavy atom. The number of thioether (sulfide) groups is 1. The highest BCUT2D eigenvalue weighted by Gasteiger charge is 2.22. The average molecular weight is 412 g/mol. The number of carbonyl (C=O) groups is 1. The van der Waals surface area contributed by atoms with Crippen LogP contribution in [0.1, 0.15) is 0 Å². The second-order valence-electron chi connectivity index (χ2n) is 6.87. The number of nitrogens with zero attached hydrogens (tertiary/aromatic N) is 5. The number of amides is 1. The van der Waals surface area contributed by atoms with Crippen molar-refractivity contribution in [3.8, 4) is 11.4 Å². The molecule has 0 radical (unpaired) electrons. The quantitative estimate of drug-likeness (QED) is 0.604. The molecule has 0 bridgehead atoms. The van der Waals surface area contributed by atoms with Gasteiger partial charge in [0.2, 0.25) is 5.91 Å². The van der Waals surface area contributed by atoms with Crippen LogP contribution in [0.15, 0.2) is 59.8 Å². The summed E-state index contributed by atoms with van der Waals surface area (Å²) in [5, 5.41) is 8.96. The molecule has 0 atom stereocenters. The summed E-state index contributed by atoms with van der Waals surface area (Å²) in [4.78, 5) is 16.8. The Morgan fingerprint density at radius 1 is 1.03 bits per heavy atom. The summed E-state index contributed by atoms with van der Waals surface area (Å²) >= 11 is 1.36. The normalized spacial score (nSPS) is 14.3. The maximum absolute atomic E-state index is 13.5. The predicted octanol–water partition coefficient (Wildman–Crippen LogP) is 3.06. The number of halogens is 1. The zero-order valence-electron chi connectivity index (χ0n) is 16.2. The van der Waals surface area contributed by atoms with Gasteiger partial charge in [-0.3, -0.25) is 4.79 Å². The lowest BCUT2D eigenvalue weighted by atomic mass is 10.2. The summed E-state index contributed by atoms with van der Waals surface area (Å²) in [5.74, 6) is 0.666. The highest BCUT2D eigenvalue weighted by Crippen LogP contribution is 2.24. The van der Waals surface area contributed by atoms with E-state index in [4.69, 9.17) is 0 Å². The van der Waals surface area contributed by atoms with E-state index in [0.29, 0.717) is 35.4 Å². The summed E-state index contributed by atoms with van der Waals surface area (Å²) in [6.45, 7) is 3.07. The van der Waals surface area contributed by atoms with Gasteiger partial charge in [0.15, 0.2) is 11.0 Å². The fourth-order valence-corrected chi connectivity index (χ4v) is 4.20. The van der Waals surface area contributed by atoms with Crippen LogP contribution in [0.5, 0.6) is 0 Å². The van der Waals surface area contributed by atoms with Gasteiger partial charge in [-0.15, -0.1) is 10.2 Å². The van der Waals surface area contributed by atoms with Gasteiger partial charge in [-0.1, -0.05) is 42.1 Å². The van der Waals surface area contributed by atoms with Gasteiger partial charge in [0.1, 0.15) is 5.82 Å². The molecule has 1 saturated heterocycles. The van der Waals surface area contributed by atoms with Crippen molar-refractivity contribution in [2.24, 2.45) is 7.05 Å². The van der Waals surface area contributed by atoms with E-state index in [1.54, 1.807) is 16.7 Å². The van der Waals surface area contributed by atoms with E-state index < -0.39 is 0 Å². The Bertz CT molecular complexity index is 986. The summed E-state index contributed by atoms with van der Waals surface area (Å²) < 4.78 is 15.3. The summed E-state index contributed by atoms with van der Waals surface area (Å²) in [5.41, 5.74) is 1.85. The highest BCUT2D eigenvalue weighted by molar-refractivity contribution is 7.99. The van der Waals surface area contributed by atoms with Gasteiger partial charge in [0.25, 0.3) is 0 Å². The molecular weight excluding hydrogens is 389 g/mol. The molecule has 1 aliphatic heterocycles. The third kappa shape index (κ3) is 4.42. The summed E-state index contributed by atoms with van der Waals surface area (Å²) in [6.07, 6.45) is 0. The van der Waals surface area contributed by atoms with E-state index in [0.717, 1.165) is 13.1 Å². The van der Waals surface area contributed by atoms with Crippen molar-refractivity contribution in [1.82, 2.24) is 19.7 Å². The molecule has 8 heteroatoms. The van der Waals surface area contributed by atoms with Gasteiger partial charge in [0, 0.05) is 44.5 Å². The fraction of sp³-hybridized carbons (Fsp3) is 0.286. The second-order valence-corrected chi connectivity index (χ2v) is 7.81. The number of carbonyl (C=O) groups excluding carboxylic acids is 1. The number of hydrogen-bond acceptors (Lipinski definition) is 5. The molecule has 4 rings (SSSR count). The number of hydrogen-bond donors (Lipinski definition) is 0. The Morgan fingerprint density at radius 3 is 2.52 bits per heavy atom. The van der Waals surface area contributed by atoms with E-state index in [9.17, 15) is 9.18 Å². The average Bonchev–Trinajstić information content (AvgIpc) is 3.13. The van der Waals surface area contributed by atoms with Crippen LogP contribution >= 0.6 is 11.8 Å². The molecule has 1 amide bonds. The Balaban J connectivity index is 1.33. The van der Waals surface area contributed by atoms with E-state index in [-0.39, 0.29) is 11.7 Å². The maximum atomic E-state index is 13.5. The predicted molar refractivity (Wildman–Crippen MR) is 112 cm³/mol. The van der Waals surface area contributed by atoms with Crippen LogP contribution in [0, 0.1) is 5.82 Å². The van der Waals surface area contributed by atoms with E-state index in [2.05, 4.69) is 27.2 Å². The zero-order chi connectivity index (χ0) is 20.2. The first kappa shape index (κ1) is 19.4. The first-order chi connectivity index (χ1) is 14.1. The minimum absolute atomic E-state index is 0.0954. The smallest absolute Gasteiger partial charge is 0.233 e. The van der Waals surface area contributed by atoms with Gasteiger partial charge >= 0.3 is 0 Å². The number of piperazine rings is 1. The summed E-state index contributed by atoms with van der Waals surface area (Å²) in [6, 6.07) is 16.5. The van der Waals surface area contributed by atoms with Crippen molar-refractivity contribution in [3.63, 3.8) is 0 Å². The van der Waals surface area contributed by atoms with Crippen LogP contribution in [0.2, 0.25) is 0 Å². The third-order valence-electron chi connectivity index (χ3n) is 5.00. The molecule has 1 aliphatic rings. The third-order valence-corrected chi connectivity index (χ3v) is 6.00. The van der Waals surface area contributed by atoms with Gasteiger partial charge in [0.05, 0.1) is 5.75 Å². The lowest BCUT2D eigenvalue weighted by Crippen LogP contribution is -2.49. The lowest BCUT2D eigenvalue weighted by Gasteiger charge is -2.36. The SMILES string of the molecule is Cn1c(SCC(=O)N2CCN(c3ccccc3)CC2)nnc1-c1cccc(F)c1. The van der Waals surface area contributed by atoms with Crippen LogP contribution in [-0.2, 0) is 11.8 Å². The highest BCUT2D eigenvalue weighted by atomic mass is 32.2. The van der Waals surface area contributed by atoms with Crippen LogP contribution in [0.4, 0.5) is 10.1 Å². The second kappa shape index (κ2) is 8.65. The van der Waals surface area contributed by atoms with E-state index >= 15 is 0 Å². The number of aromatic nitrogens is 3. The number of anilines is 1. The van der Waals surface area contributed by atoms with Crippen LogP contribution in [-0.4, -0.2) is 57.5 Å². The monoisotopic (exact) mass is 411 g/mol. The molecular formula is C21H22FN5OS. The molecule has 0 aliphatic carbocycles. The van der Waals surface area contributed by atoms with Crippen LogP contribution in [0.3, 0.4) is 0 Å². The van der Waals surface area contributed by atoms with Crippen LogP contribution in [0.25, 0.3) is 11.4 Å². The molecule has 0 unspecified atom stereocenters. The van der Waals surface area contributed by atoms with Gasteiger partial charge in [-0.25, -0.2) is 4.39 Å². The van der Waals surface area contributed by atoms with Crippen molar-refractivity contribution < 1.29 is 9.18 Å². The Hall–Kier alpha value is -2.87. The molecule has 3 aromatic rings. The molecule has 0 N–H and O–H groups in total. The Kier molecular flexibility index (Phi) is 5.80. The lowest BCUT2D eigenvalue weighted by molar-refractivity contribution is -0.128. The first-order valence-corrected chi connectivity index (χ1v) is 10.5. The van der Waals surface area contributed by atoms with Crippen molar-refractivity contribution in [3.05, 3.63) is 60.4 Å². The minimum Gasteiger partial charge on any atom is -0.368 e. The standard InChI is InChI=1S/C21H22FN5OS/c1-25-20(16-6-5-7-17(22)14-16)23-24-21(25)29-15-19(28)27-12-10-26(11-13-27)18-8-3-2-4-9-18/h2-9,14H,10-13,15H2,1H3. The van der Waals surface area contributed by atoms with Gasteiger partial charge < -0.3 is 14.4 Å². The van der Waals surface area contributed by atoms with Gasteiger partial charge in [-0.2, -0.15) is 0 Å². The topological polar surface area (TPSA) is 54.3 Å². The number of para-hydroxylation sites is 1. The molecule has 1 fully saturated rings. The molecule has 2 heterocycles. The molecule has 0 saturated carbocycles. The first-order valence-electron chi connectivity index (χ1n) is 9.48. The van der Waals surface area contributed by atoms with Crippen LogP contribution < -0.4 is 4.90 Å². The molecule has 1 aromatic heterocycles. The van der Waals surface area contributed by atoms with E-state index in [1.807, 2.05) is 30.1 Å². The van der Waals surface area contributed by atoms with E-state index in [1.165, 1.54) is 29.6 Å². The van der Waals surface area contributed by atoms with Crippen molar-refractivity contribution in [1.29, 1.82) is 0 Å². The van der Waals surface area contributed by atoms with Gasteiger partial charge in [-0.05, 0) is 24.3 Å². The van der Waals surface area contributed by atoms with Crippen molar-refractivity contribution in [2.45, 2.75) is 5.16 Å². The summed E-state index contributed by atoms with van der Waals surface area (Å²) in [7, 11) is 1.83. The fourth-order valence-electron chi connectivity index (χ4n) is 3.39. The maximum Gasteiger partial charge on any atom is 0.233 e. The number of benzene rings is 2.